The van der Waals surface area contributed by atoms with Crippen molar-refractivity contribution >= 4 is 5.91 Å². The third-order valence-electron chi connectivity index (χ3n) is 4.18. The first-order valence-electron chi connectivity index (χ1n) is 8.04. The lowest BCUT2D eigenvalue weighted by atomic mass is 9.74. The van der Waals surface area contributed by atoms with E-state index in [1.54, 1.807) is 7.11 Å². The van der Waals surface area contributed by atoms with E-state index in [1.807, 2.05) is 4.90 Å². The smallest absolute Gasteiger partial charge is 0.228 e. The first-order valence-corrected chi connectivity index (χ1v) is 8.04. The molecule has 4 heteroatoms. The highest BCUT2D eigenvalue weighted by molar-refractivity contribution is 5.83. The minimum absolute atomic E-state index is 0.136. The number of carbonyl (C=O) groups excluding carboxylic acids is 1. The normalized spacial score (nSPS) is 18.2. The van der Waals surface area contributed by atoms with Crippen molar-refractivity contribution < 1.29 is 9.53 Å². The molecule has 1 aliphatic rings. The minimum atomic E-state index is -0.136. The Kier molecular flexibility index (Phi) is 7.52. The van der Waals surface area contributed by atoms with Gasteiger partial charge in [0.2, 0.25) is 5.91 Å². The molecule has 0 aromatic carbocycles. The Balaban J connectivity index is 2.81. The molecule has 0 unspecified atom stereocenters. The molecule has 1 aliphatic heterocycles. The SMILES string of the molecule is CCCC1(C(=O)N(CCOC)CC(C)C)CCNCC1. The molecule has 0 radical (unpaired) electrons. The van der Waals surface area contributed by atoms with E-state index in [0.29, 0.717) is 25.0 Å². The van der Waals surface area contributed by atoms with Crippen LogP contribution >= 0.6 is 0 Å². The van der Waals surface area contributed by atoms with Crippen molar-refractivity contribution in [3.63, 3.8) is 0 Å². The second-order valence-electron chi connectivity index (χ2n) is 6.42. The number of rotatable bonds is 8. The summed E-state index contributed by atoms with van der Waals surface area (Å²) in [5, 5.41) is 3.38. The molecule has 1 amide bonds. The van der Waals surface area contributed by atoms with Gasteiger partial charge in [0.05, 0.1) is 12.0 Å². The van der Waals surface area contributed by atoms with E-state index < -0.39 is 0 Å². The average molecular weight is 284 g/mol. The van der Waals surface area contributed by atoms with Gasteiger partial charge in [-0.2, -0.15) is 0 Å². The summed E-state index contributed by atoms with van der Waals surface area (Å²) in [5.74, 6) is 0.850. The molecule has 118 valence electrons. The number of methoxy groups -OCH3 is 1. The zero-order valence-corrected chi connectivity index (χ0v) is 13.7. The van der Waals surface area contributed by atoms with Crippen LogP contribution in [-0.2, 0) is 9.53 Å². The maximum Gasteiger partial charge on any atom is 0.228 e. The van der Waals surface area contributed by atoms with Gasteiger partial charge in [-0.3, -0.25) is 4.79 Å². The minimum Gasteiger partial charge on any atom is -0.383 e. The Hall–Kier alpha value is -0.610. The highest BCUT2D eigenvalue weighted by Crippen LogP contribution is 2.36. The molecule has 4 nitrogen and oxygen atoms in total. The highest BCUT2D eigenvalue weighted by Gasteiger charge is 2.41. The van der Waals surface area contributed by atoms with Gasteiger partial charge in [-0.15, -0.1) is 0 Å². The second-order valence-corrected chi connectivity index (χ2v) is 6.42. The largest absolute Gasteiger partial charge is 0.383 e. The summed E-state index contributed by atoms with van der Waals surface area (Å²) in [4.78, 5) is 15.1. The third kappa shape index (κ3) is 4.74. The molecular weight excluding hydrogens is 252 g/mol. The quantitative estimate of drug-likeness (QED) is 0.743. The Morgan fingerprint density at radius 2 is 2.00 bits per heavy atom. The van der Waals surface area contributed by atoms with Crippen molar-refractivity contribution in [2.24, 2.45) is 11.3 Å². The molecule has 1 N–H and O–H groups in total. The number of nitrogens with zero attached hydrogens (tertiary/aromatic N) is 1. The van der Waals surface area contributed by atoms with Crippen LogP contribution < -0.4 is 5.32 Å². The van der Waals surface area contributed by atoms with Gasteiger partial charge >= 0.3 is 0 Å². The molecule has 0 aliphatic carbocycles. The van der Waals surface area contributed by atoms with Crippen LogP contribution in [0.25, 0.3) is 0 Å². The maximum absolute atomic E-state index is 13.1. The van der Waals surface area contributed by atoms with Crippen LogP contribution in [0.3, 0.4) is 0 Å². The fourth-order valence-electron chi connectivity index (χ4n) is 3.21. The van der Waals surface area contributed by atoms with Crippen LogP contribution in [0.4, 0.5) is 0 Å². The standard InChI is InChI=1S/C16H32N2O2/c1-5-6-16(7-9-17-10-8-16)15(19)18(11-12-20-4)13-14(2)3/h14,17H,5-13H2,1-4H3. The lowest BCUT2D eigenvalue weighted by Crippen LogP contribution is -2.51. The van der Waals surface area contributed by atoms with Gasteiger partial charge in [0, 0.05) is 20.2 Å². The van der Waals surface area contributed by atoms with Gasteiger partial charge in [-0.25, -0.2) is 0 Å². The monoisotopic (exact) mass is 284 g/mol. The number of amides is 1. The van der Waals surface area contributed by atoms with Gasteiger partial charge in [0.25, 0.3) is 0 Å². The fourth-order valence-corrected chi connectivity index (χ4v) is 3.21. The molecule has 1 rings (SSSR count). The zero-order valence-electron chi connectivity index (χ0n) is 13.7. The summed E-state index contributed by atoms with van der Waals surface area (Å²) >= 11 is 0. The van der Waals surface area contributed by atoms with Gasteiger partial charge in [0.1, 0.15) is 0 Å². The van der Waals surface area contributed by atoms with Crippen molar-refractivity contribution in [1.29, 1.82) is 0 Å². The Morgan fingerprint density at radius 1 is 1.35 bits per heavy atom. The molecular formula is C16H32N2O2. The molecule has 0 aromatic heterocycles. The zero-order chi connectivity index (χ0) is 15.0. The van der Waals surface area contributed by atoms with Crippen molar-refractivity contribution in [3.05, 3.63) is 0 Å². The Labute approximate surface area is 124 Å². The lowest BCUT2D eigenvalue weighted by molar-refractivity contribution is -0.145. The van der Waals surface area contributed by atoms with E-state index in [2.05, 4.69) is 26.1 Å². The van der Waals surface area contributed by atoms with Crippen LogP contribution in [-0.4, -0.2) is 50.7 Å². The first kappa shape index (κ1) is 17.4. The van der Waals surface area contributed by atoms with Gasteiger partial charge in [-0.1, -0.05) is 27.2 Å². The van der Waals surface area contributed by atoms with Gasteiger partial charge < -0.3 is 15.0 Å². The van der Waals surface area contributed by atoms with Crippen LogP contribution in [0.5, 0.6) is 0 Å². The predicted octanol–water partition coefficient (Wildman–Crippen LogP) is 2.29. The Bertz CT molecular complexity index is 281. The van der Waals surface area contributed by atoms with Crippen LogP contribution in [0.1, 0.15) is 46.5 Å². The average Bonchev–Trinajstić information content (AvgIpc) is 2.43. The summed E-state index contributed by atoms with van der Waals surface area (Å²) in [6.07, 6.45) is 4.03. The van der Waals surface area contributed by atoms with Crippen molar-refractivity contribution in [1.82, 2.24) is 10.2 Å². The molecule has 0 aromatic rings. The topological polar surface area (TPSA) is 41.6 Å². The number of hydrogen-bond acceptors (Lipinski definition) is 3. The van der Waals surface area contributed by atoms with Crippen molar-refractivity contribution in [2.75, 3.05) is 39.9 Å². The maximum atomic E-state index is 13.1. The van der Waals surface area contributed by atoms with Crippen molar-refractivity contribution in [3.8, 4) is 0 Å². The summed E-state index contributed by atoms with van der Waals surface area (Å²) in [6.45, 7) is 10.6. The van der Waals surface area contributed by atoms with E-state index in [9.17, 15) is 4.79 Å². The molecule has 0 bridgehead atoms. The number of hydrogen-bond donors (Lipinski definition) is 1. The van der Waals surface area contributed by atoms with Gasteiger partial charge in [-0.05, 0) is 38.3 Å². The Morgan fingerprint density at radius 3 is 2.50 bits per heavy atom. The molecule has 1 saturated heterocycles. The van der Waals surface area contributed by atoms with E-state index in [4.69, 9.17) is 4.74 Å². The molecule has 0 spiro atoms. The molecule has 20 heavy (non-hydrogen) atoms. The molecule has 1 fully saturated rings. The summed E-state index contributed by atoms with van der Waals surface area (Å²) < 4.78 is 5.18. The van der Waals surface area contributed by atoms with Gasteiger partial charge in [0.15, 0.2) is 0 Å². The molecule has 1 heterocycles. The fraction of sp³-hybridized carbons (Fsp3) is 0.938. The number of ether oxygens (including phenoxy) is 1. The summed E-state index contributed by atoms with van der Waals surface area (Å²) in [7, 11) is 1.70. The van der Waals surface area contributed by atoms with Crippen LogP contribution in [0.2, 0.25) is 0 Å². The van der Waals surface area contributed by atoms with Crippen LogP contribution in [0.15, 0.2) is 0 Å². The predicted molar refractivity (Wildman–Crippen MR) is 82.7 cm³/mol. The molecule has 0 atom stereocenters. The third-order valence-corrected chi connectivity index (χ3v) is 4.18. The van der Waals surface area contributed by atoms with Crippen LogP contribution in [0, 0.1) is 11.3 Å². The number of nitrogens with one attached hydrogen (secondary N) is 1. The second kappa shape index (κ2) is 8.63. The molecule has 0 saturated carbocycles. The number of piperidine rings is 1. The van der Waals surface area contributed by atoms with E-state index in [-0.39, 0.29) is 5.41 Å². The highest BCUT2D eigenvalue weighted by atomic mass is 16.5. The summed E-state index contributed by atoms with van der Waals surface area (Å²) in [5.41, 5.74) is -0.136. The number of carbonyl (C=O) groups is 1. The van der Waals surface area contributed by atoms with E-state index in [1.165, 1.54) is 0 Å². The lowest BCUT2D eigenvalue weighted by Gasteiger charge is -2.40. The summed E-state index contributed by atoms with van der Waals surface area (Å²) in [6, 6.07) is 0. The van der Waals surface area contributed by atoms with E-state index in [0.717, 1.165) is 45.3 Å². The first-order chi connectivity index (χ1) is 9.55. The van der Waals surface area contributed by atoms with Crippen molar-refractivity contribution in [2.45, 2.75) is 46.5 Å². The van der Waals surface area contributed by atoms with E-state index >= 15 is 0 Å².